The SMILES string of the molecule is FC(F)(F)[CH]Cl. The molecule has 0 atom stereocenters. The molecule has 0 saturated carbocycles. The van der Waals surface area contributed by atoms with E-state index in [1.54, 1.807) is 0 Å². The van der Waals surface area contributed by atoms with Crippen LogP contribution in [0, 0.1) is 5.88 Å². The van der Waals surface area contributed by atoms with Crippen molar-refractivity contribution in [3.05, 3.63) is 5.88 Å². The van der Waals surface area contributed by atoms with Crippen molar-refractivity contribution in [1.29, 1.82) is 0 Å². The topological polar surface area (TPSA) is 0 Å². The molecule has 0 bridgehead atoms. The molecular weight excluding hydrogens is 116 g/mol. The van der Waals surface area contributed by atoms with Crippen LogP contribution in [-0.4, -0.2) is 6.18 Å². The van der Waals surface area contributed by atoms with Crippen LogP contribution in [0.3, 0.4) is 0 Å². The highest BCUT2D eigenvalue weighted by atomic mass is 35.5. The summed E-state index contributed by atoms with van der Waals surface area (Å²) >= 11 is 4.23. The van der Waals surface area contributed by atoms with Gasteiger partial charge >= 0.3 is 6.18 Å². The molecule has 4 heteroatoms. The molecule has 6 heavy (non-hydrogen) atoms. The van der Waals surface area contributed by atoms with E-state index in [0.717, 1.165) is 0 Å². The van der Waals surface area contributed by atoms with Crippen LogP contribution in [0.25, 0.3) is 0 Å². The van der Waals surface area contributed by atoms with Crippen LogP contribution in [0.5, 0.6) is 0 Å². The van der Waals surface area contributed by atoms with Crippen LogP contribution in [-0.2, 0) is 0 Å². The van der Waals surface area contributed by atoms with Crippen molar-refractivity contribution in [2.24, 2.45) is 0 Å². The van der Waals surface area contributed by atoms with E-state index in [1.807, 2.05) is 0 Å². The van der Waals surface area contributed by atoms with E-state index in [1.165, 1.54) is 0 Å². The first-order valence-corrected chi connectivity index (χ1v) is 1.51. The maximum Gasteiger partial charge on any atom is 0.406 e. The van der Waals surface area contributed by atoms with Gasteiger partial charge in [0.2, 0.25) is 0 Å². The third-order valence-electron chi connectivity index (χ3n) is 0.124. The van der Waals surface area contributed by atoms with Gasteiger partial charge in [0.15, 0.2) is 5.88 Å². The third-order valence-corrected chi connectivity index (χ3v) is 0.371. The van der Waals surface area contributed by atoms with Crippen molar-refractivity contribution in [1.82, 2.24) is 0 Å². The highest BCUT2D eigenvalue weighted by molar-refractivity contribution is 6.23. The van der Waals surface area contributed by atoms with Crippen molar-refractivity contribution in [3.63, 3.8) is 0 Å². The minimum Gasteiger partial charge on any atom is -0.169 e. The van der Waals surface area contributed by atoms with Gasteiger partial charge < -0.3 is 0 Å². The number of hydrogen-bond acceptors (Lipinski definition) is 0. The summed E-state index contributed by atoms with van der Waals surface area (Å²) in [6.45, 7) is 0. The monoisotopic (exact) mass is 117 g/mol. The molecule has 0 aliphatic carbocycles. The lowest BCUT2D eigenvalue weighted by atomic mass is 10.8. The molecule has 0 aliphatic rings. The van der Waals surface area contributed by atoms with Gasteiger partial charge in [0, 0.05) is 0 Å². The number of halogens is 4. The third kappa shape index (κ3) is 4.08. The maximum absolute atomic E-state index is 10.6. The van der Waals surface area contributed by atoms with Gasteiger partial charge in [0.05, 0.1) is 0 Å². The Morgan fingerprint density at radius 1 is 1.33 bits per heavy atom. The first kappa shape index (κ1) is 6.08. The molecule has 0 nitrogen and oxygen atoms in total. The second kappa shape index (κ2) is 1.69. The first-order valence-electron chi connectivity index (χ1n) is 1.07. The zero-order chi connectivity index (χ0) is 5.21. The fourth-order valence-corrected chi connectivity index (χ4v) is 0. The Morgan fingerprint density at radius 2 is 1.50 bits per heavy atom. The smallest absolute Gasteiger partial charge is 0.169 e. The van der Waals surface area contributed by atoms with Crippen LogP contribution in [0.4, 0.5) is 13.2 Å². The molecule has 0 aromatic heterocycles. The standard InChI is InChI=1S/C2HClF3/c3-1-2(4,5)6/h1H. The Hall–Kier alpha value is 0.0800. The lowest BCUT2D eigenvalue weighted by Gasteiger charge is -1.94. The van der Waals surface area contributed by atoms with Gasteiger partial charge in [-0.05, 0) is 0 Å². The summed E-state index contributed by atoms with van der Waals surface area (Å²) in [5.41, 5.74) is 0. The first-order chi connectivity index (χ1) is 2.56. The van der Waals surface area contributed by atoms with Crippen LogP contribution in [0.1, 0.15) is 0 Å². The highest BCUT2D eigenvalue weighted by Crippen LogP contribution is 2.19. The Balaban J connectivity index is 3.17. The van der Waals surface area contributed by atoms with Gasteiger partial charge in [-0.3, -0.25) is 0 Å². The molecule has 0 heterocycles. The largest absolute Gasteiger partial charge is 0.406 e. The fraction of sp³-hybridized carbons (Fsp3) is 0.500. The van der Waals surface area contributed by atoms with Crippen LogP contribution in [0.2, 0.25) is 0 Å². The van der Waals surface area contributed by atoms with Gasteiger partial charge in [-0.15, -0.1) is 11.6 Å². The van der Waals surface area contributed by atoms with Crippen molar-refractivity contribution >= 4 is 11.6 Å². The number of hydrogen-bond donors (Lipinski definition) is 0. The summed E-state index contributed by atoms with van der Waals surface area (Å²) in [6, 6.07) is 0. The second-order valence-electron chi connectivity index (χ2n) is 0.651. The normalized spacial score (nSPS) is 12.0. The van der Waals surface area contributed by atoms with Crippen molar-refractivity contribution in [2.75, 3.05) is 0 Å². The summed E-state index contributed by atoms with van der Waals surface area (Å²) in [7, 11) is 0. The molecule has 37 valence electrons. The molecule has 0 rings (SSSR count). The number of rotatable bonds is 0. The molecule has 1 radical (unpaired) electrons. The van der Waals surface area contributed by atoms with E-state index >= 15 is 0 Å². The lowest BCUT2D eigenvalue weighted by molar-refractivity contribution is -0.0880. The minimum atomic E-state index is -4.32. The Labute approximate surface area is 37.9 Å². The van der Waals surface area contributed by atoms with Crippen molar-refractivity contribution in [3.8, 4) is 0 Å². The van der Waals surface area contributed by atoms with Crippen molar-refractivity contribution < 1.29 is 13.2 Å². The molecule has 0 fully saturated rings. The molecule has 0 spiro atoms. The second-order valence-corrected chi connectivity index (χ2v) is 0.869. The minimum absolute atomic E-state index is 0.340. The van der Waals surface area contributed by atoms with Gasteiger partial charge in [-0.2, -0.15) is 13.2 Å². The molecule has 0 aromatic rings. The summed E-state index contributed by atoms with van der Waals surface area (Å²) < 4.78 is 31.8. The van der Waals surface area contributed by atoms with Crippen LogP contribution in [0.15, 0.2) is 0 Å². The summed E-state index contributed by atoms with van der Waals surface area (Å²) in [5.74, 6) is -0.340. The summed E-state index contributed by atoms with van der Waals surface area (Å²) in [6.07, 6.45) is -4.32. The van der Waals surface area contributed by atoms with E-state index in [0.29, 0.717) is 0 Å². The average Bonchev–Trinajstić information content (AvgIpc) is 1.35. The molecule has 0 unspecified atom stereocenters. The molecular formula is C2HClF3. The van der Waals surface area contributed by atoms with Gasteiger partial charge in [0.25, 0.3) is 0 Å². The quantitative estimate of drug-likeness (QED) is 0.455. The fourth-order valence-electron chi connectivity index (χ4n) is 0. The van der Waals surface area contributed by atoms with Crippen molar-refractivity contribution in [2.45, 2.75) is 6.18 Å². The van der Waals surface area contributed by atoms with Gasteiger partial charge in [-0.25, -0.2) is 0 Å². The zero-order valence-electron chi connectivity index (χ0n) is 2.59. The maximum atomic E-state index is 10.6. The molecule has 0 amide bonds. The van der Waals surface area contributed by atoms with E-state index in [9.17, 15) is 13.2 Å². The zero-order valence-corrected chi connectivity index (χ0v) is 3.35. The molecule has 0 aliphatic heterocycles. The number of alkyl halides is 3. The van der Waals surface area contributed by atoms with Crippen LogP contribution < -0.4 is 0 Å². The van der Waals surface area contributed by atoms with Gasteiger partial charge in [-0.1, -0.05) is 0 Å². The predicted molar refractivity (Wildman–Crippen MR) is 16.2 cm³/mol. The van der Waals surface area contributed by atoms with E-state index in [4.69, 9.17) is 0 Å². The Kier molecular flexibility index (Phi) is 1.71. The van der Waals surface area contributed by atoms with E-state index in [-0.39, 0.29) is 5.88 Å². The lowest BCUT2D eigenvalue weighted by Crippen LogP contribution is -2.01. The molecule has 0 N–H and O–H groups in total. The summed E-state index contributed by atoms with van der Waals surface area (Å²) in [4.78, 5) is 0. The highest BCUT2D eigenvalue weighted by Gasteiger charge is 2.25. The van der Waals surface area contributed by atoms with Crippen LogP contribution >= 0.6 is 11.6 Å². The predicted octanol–water partition coefficient (Wildman–Crippen LogP) is 1.95. The van der Waals surface area contributed by atoms with E-state index < -0.39 is 6.18 Å². The van der Waals surface area contributed by atoms with E-state index in [2.05, 4.69) is 11.6 Å². The summed E-state index contributed by atoms with van der Waals surface area (Å²) in [5, 5.41) is 0. The Bertz CT molecular complexity index is 38.5. The Morgan fingerprint density at radius 3 is 1.50 bits per heavy atom. The molecule has 0 saturated heterocycles. The van der Waals surface area contributed by atoms with Gasteiger partial charge in [0.1, 0.15) is 0 Å². The average molecular weight is 117 g/mol. The molecule has 0 aromatic carbocycles.